The van der Waals surface area contributed by atoms with E-state index >= 15 is 0 Å². The number of hydrogen-bond acceptors (Lipinski definition) is 2. The number of carbonyl (C=O) groups excluding carboxylic acids is 1. The molecule has 1 aromatic carbocycles. The zero-order chi connectivity index (χ0) is 13.7. The molecule has 2 rings (SSSR count). The van der Waals surface area contributed by atoms with Crippen LogP contribution >= 0.6 is 0 Å². The monoisotopic (exact) mass is 259 g/mol. The van der Waals surface area contributed by atoms with Gasteiger partial charge in [-0.1, -0.05) is 25.1 Å². The molecule has 0 aliphatic heterocycles. The maximum absolute atomic E-state index is 11.6. The third-order valence-electron chi connectivity index (χ3n) is 3.36. The number of fused-ring (bicyclic) bond motifs is 1. The van der Waals surface area contributed by atoms with Gasteiger partial charge in [0, 0.05) is 36.1 Å². The summed E-state index contributed by atoms with van der Waals surface area (Å²) < 4.78 is 0. The van der Waals surface area contributed by atoms with E-state index in [0.29, 0.717) is 13.0 Å². The van der Waals surface area contributed by atoms with E-state index in [9.17, 15) is 4.79 Å². The van der Waals surface area contributed by atoms with E-state index in [1.807, 2.05) is 25.3 Å². The molecule has 0 fully saturated rings. The van der Waals surface area contributed by atoms with Crippen LogP contribution in [0.25, 0.3) is 10.9 Å². The molecule has 0 aliphatic rings. The highest BCUT2D eigenvalue weighted by Gasteiger charge is 2.07. The van der Waals surface area contributed by atoms with E-state index in [0.717, 1.165) is 18.4 Å². The fraction of sp³-hybridized carbons (Fsp3) is 0.400. The number of amides is 1. The maximum Gasteiger partial charge on any atom is 0.221 e. The van der Waals surface area contributed by atoms with Crippen molar-refractivity contribution in [1.82, 2.24) is 10.3 Å². The van der Waals surface area contributed by atoms with Gasteiger partial charge in [-0.2, -0.15) is 0 Å². The fourth-order valence-electron chi connectivity index (χ4n) is 2.13. The van der Waals surface area contributed by atoms with Crippen molar-refractivity contribution in [3.05, 3.63) is 36.0 Å². The number of carbonyl (C=O) groups is 1. The average Bonchev–Trinajstić information content (AvgIpc) is 2.82. The normalized spacial score (nSPS) is 12.5. The maximum atomic E-state index is 11.6. The molecular weight excluding hydrogens is 238 g/mol. The second-order valence-electron chi connectivity index (χ2n) is 4.83. The summed E-state index contributed by atoms with van der Waals surface area (Å²) in [6.45, 7) is 2.64. The van der Waals surface area contributed by atoms with Crippen LogP contribution < -0.4 is 11.1 Å². The molecule has 4 N–H and O–H groups in total. The Labute approximate surface area is 113 Å². The Hall–Kier alpha value is -1.81. The lowest BCUT2D eigenvalue weighted by Gasteiger charge is -2.09. The summed E-state index contributed by atoms with van der Waals surface area (Å²) >= 11 is 0. The Morgan fingerprint density at radius 3 is 3.00 bits per heavy atom. The van der Waals surface area contributed by atoms with Gasteiger partial charge in [0.25, 0.3) is 0 Å². The molecular formula is C15H21N3O. The minimum absolute atomic E-state index is 0.0342. The van der Waals surface area contributed by atoms with Crippen LogP contribution in [-0.4, -0.2) is 23.5 Å². The summed E-state index contributed by atoms with van der Waals surface area (Å²) in [4.78, 5) is 14.8. The number of nitrogens with two attached hydrogens (primary N) is 1. The van der Waals surface area contributed by atoms with E-state index in [4.69, 9.17) is 5.73 Å². The molecule has 4 nitrogen and oxygen atoms in total. The highest BCUT2D eigenvalue weighted by Crippen LogP contribution is 2.17. The molecule has 102 valence electrons. The Bertz CT molecular complexity index is 547. The number of nitrogens with one attached hydrogen (secondary N) is 2. The molecule has 1 amide bonds. The van der Waals surface area contributed by atoms with Crippen LogP contribution in [0.2, 0.25) is 0 Å². The zero-order valence-corrected chi connectivity index (χ0v) is 11.3. The topological polar surface area (TPSA) is 70.9 Å². The van der Waals surface area contributed by atoms with Crippen molar-refractivity contribution < 1.29 is 4.79 Å². The summed E-state index contributed by atoms with van der Waals surface area (Å²) in [5.41, 5.74) is 8.12. The number of para-hydroxylation sites is 1. The van der Waals surface area contributed by atoms with Crippen LogP contribution in [0.1, 0.15) is 25.3 Å². The lowest BCUT2D eigenvalue weighted by Crippen LogP contribution is -2.32. The highest BCUT2D eigenvalue weighted by molar-refractivity contribution is 5.83. The molecule has 1 unspecified atom stereocenters. The van der Waals surface area contributed by atoms with Crippen LogP contribution in [0.4, 0.5) is 0 Å². The molecule has 0 saturated heterocycles. The van der Waals surface area contributed by atoms with Crippen molar-refractivity contribution in [2.24, 2.45) is 5.73 Å². The van der Waals surface area contributed by atoms with Gasteiger partial charge < -0.3 is 16.0 Å². The molecule has 19 heavy (non-hydrogen) atoms. The van der Waals surface area contributed by atoms with Crippen LogP contribution in [0.15, 0.2) is 30.5 Å². The molecule has 2 aromatic rings. The van der Waals surface area contributed by atoms with E-state index < -0.39 is 0 Å². The third kappa shape index (κ3) is 3.58. The highest BCUT2D eigenvalue weighted by atomic mass is 16.1. The Balaban J connectivity index is 1.84. The van der Waals surface area contributed by atoms with Crippen LogP contribution in [-0.2, 0) is 11.2 Å². The smallest absolute Gasteiger partial charge is 0.221 e. The van der Waals surface area contributed by atoms with Crippen molar-refractivity contribution in [3.8, 4) is 0 Å². The molecule has 1 heterocycles. The first-order valence-corrected chi connectivity index (χ1v) is 6.78. The van der Waals surface area contributed by atoms with E-state index in [1.165, 1.54) is 10.9 Å². The third-order valence-corrected chi connectivity index (χ3v) is 3.36. The average molecular weight is 259 g/mol. The van der Waals surface area contributed by atoms with Gasteiger partial charge in [-0.15, -0.1) is 0 Å². The number of benzene rings is 1. The Morgan fingerprint density at radius 1 is 1.42 bits per heavy atom. The van der Waals surface area contributed by atoms with Crippen LogP contribution in [0.3, 0.4) is 0 Å². The summed E-state index contributed by atoms with van der Waals surface area (Å²) in [6.07, 6.45) is 4.08. The number of H-pyrrole nitrogens is 1. The first-order chi connectivity index (χ1) is 9.20. The minimum atomic E-state index is -0.0342. The van der Waals surface area contributed by atoms with Gasteiger partial charge in [-0.3, -0.25) is 4.79 Å². The number of rotatable bonds is 6. The second-order valence-corrected chi connectivity index (χ2v) is 4.83. The predicted molar refractivity (Wildman–Crippen MR) is 77.9 cm³/mol. The fourth-order valence-corrected chi connectivity index (χ4v) is 2.13. The predicted octanol–water partition coefficient (Wildman–Crippen LogP) is 1.95. The van der Waals surface area contributed by atoms with Gasteiger partial charge in [-0.25, -0.2) is 0 Å². The van der Waals surface area contributed by atoms with Gasteiger partial charge >= 0.3 is 0 Å². The first-order valence-electron chi connectivity index (χ1n) is 6.78. The minimum Gasteiger partial charge on any atom is -0.361 e. The van der Waals surface area contributed by atoms with Gasteiger partial charge in [-0.05, 0) is 24.5 Å². The Kier molecular flexibility index (Phi) is 4.58. The van der Waals surface area contributed by atoms with Gasteiger partial charge in [0.2, 0.25) is 5.91 Å². The lowest BCUT2D eigenvalue weighted by atomic mass is 10.1. The van der Waals surface area contributed by atoms with Gasteiger partial charge in [0.15, 0.2) is 0 Å². The molecule has 0 radical (unpaired) electrons. The van der Waals surface area contributed by atoms with E-state index in [1.54, 1.807) is 0 Å². The number of hydrogen-bond donors (Lipinski definition) is 3. The summed E-state index contributed by atoms with van der Waals surface area (Å²) in [6, 6.07) is 8.15. The molecule has 4 heteroatoms. The SMILES string of the molecule is CCC(N)CC(=O)NCCc1c[nH]c2ccccc12. The second kappa shape index (κ2) is 6.38. The number of aromatic amines is 1. The molecule has 0 bridgehead atoms. The number of aromatic nitrogens is 1. The lowest BCUT2D eigenvalue weighted by molar-refractivity contribution is -0.121. The van der Waals surface area contributed by atoms with Crippen molar-refractivity contribution in [2.45, 2.75) is 32.2 Å². The molecule has 0 aliphatic carbocycles. The molecule has 0 spiro atoms. The van der Waals surface area contributed by atoms with E-state index in [-0.39, 0.29) is 11.9 Å². The summed E-state index contributed by atoms with van der Waals surface area (Å²) in [5.74, 6) is 0.0363. The van der Waals surface area contributed by atoms with Gasteiger partial charge in [0.05, 0.1) is 0 Å². The van der Waals surface area contributed by atoms with E-state index in [2.05, 4.69) is 22.4 Å². The van der Waals surface area contributed by atoms with Crippen molar-refractivity contribution in [1.29, 1.82) is 0 Å². The quantitative estimate of drug-likeness (QED) is 0.742. The molecule has 0 saturated carbocycles. The standard InChI is InChI=1S/C15H21N3O/c1-2-12(16)9-15(19)17-8-7-11-10-18-14-6-4-3-5-13(11)14/h3-6,10,12,18H,2,7-9,16H2,1H3,(H,17,19). The largest absolute Gasteiger partial charge is 0.361 e. The van der Waals surface area contributed by atoms with Crippen molar-refractivity contribution in [2.75, 3.05) is 6.54 Å². The van der Waals surface area contributed by atoms with Crippen molar-refractivity contribution >= 4 is 16.8 Å². The zero-order valence-electron chi connectivity index (χ0n) is 11.3. The Morgan fingerprint density at radius 2 is 2.21 bits per heavy atom. The van der Waals surface area contributed by atoms with Crippen LogP contribution in [0, 0.1) is 0 Å². The molecule has 1 atom stereocenters. The summed E-state index contributed by atoms with van der Waals surface area (Å²) in [7, 11) is 0. The molecule has 1 aromatic heterocycles. The summed E-state index contributed by atoms with van der Waals surface area (Å²) in [5, 5.41) is 4.14. The van der Waals surface area contributed by atoms with Crippen molar-refractivity contribution in [3.63, 3.8) is 0 Å². The van der Waals surface area contributed by atoms with Crippen LogP contribution in [0.5, 0.6) is 0 Å². The van der Waals surface area contributed by atoms with Gasteiger partial charge in [0.1, 0.15) is 0 Å². The first kappa shape index (κ1) is 13.6.